The van der Waals surface area contributed by atoms with Crippen LogP contribution >= 0.6 is 11.6 Å². The van der Waals surface area contributed by atoms with Gasteiger partial charge >= 0.3 is 5.97 Å². The molecule has 2 aliphatic rings. The van der Waals surface area contributed by atoms with Gasteiger partial charge in [-0.25, -0.2) is 0 Å². The van der Waals surface area contributed by atoms with Crippen molar-refractivity contribution in [1.29, 1.82) is 0 Å². The monoisotopic (exact) mass is 320 g/mol. The van der Waals surface area contributed by atoms with E-state index in [1.165, 1.54) is 4.90 Å². The predicted molar refractivity (Wildman–Crippen MR) is 83.2 cm³/mol. The highest BCUT2D eigenvalue weighted by molar-refractivity contribution is 6.50. The van der Waals surface area contributed by atoms with Gasteiger partial charge in [0.2, 0.25) is 0 Å². The maximum Gasteiger partial charge on any atom is 0.323 e. The van der Waals surface area contributed by atoms with E-state index in [1.54, 1.807) is 24.3 Å². The Hall–Kier alpha value is -1.88. The largest absolute Gasteiger partial charge is 0.480 e. The van der Waals surface area contributed by atoms with Gasteiger partial charge in [-0.3, -0.25) is 14.6 Å². The first-order valence-corrected chi connectivity index (χ1v) is 7.80. The van der Waals surface area contributed by atoms with Gasteiger partial charge in [0.15, 0.2) is 0 Å². The zero-order valence-electron chi connectivity index (χ0n) is 12.1. The average molecular weight is 321 g/mol. The van der Waals surface area contributed by atoms with E-state index in [2.05, 4.69) is 4.99 Å². The smallest absolute Gasteiger partial charge is 0.323 e. The molecule has 5 nitrogen and oxygen atoms in total. The minimum absolute atomic E-state index is 0.286. The fourth-order valence-corrected chi connectivity index (χ4v) is 3.54. The number of hydrogen-bond acceptors (Lipinski definition) is 3. The number of halogens is 1. The summed E-state index contributed by atoms with van der Waals surface area (Å²) in [5, 5.41) is 9.60. The van der Waals surface area contributed by atoms with Crippen molar-refractivity contribution in [2.45, 2.75) is 37.8 Å². The van der Waals surface area contributed by atoms with E-state index in [4.69, 9.17) is 16.7 Å². The first-order chi connectivity index (χ1) is 10.5. The number of benzene rings is 1. The van der Waals surface area contributed by atoms with Crippen molar-refractivity contribution in [3.05, 3.63) is 34.9 Å². The Morgan fingerprint density at radius 3 is 2.59 bits per heavy atom. The van der Waals surface area contributed by atoms with Crippen molar-refractivity contribution in [1.82, 2.24) is 4.90 Å². The van der Waals surface area contributed by atoms with Crippen LogP contribution in [-0.2, 0) is 9.59 Å². The number of hydrogen-bond donors (Lipinski definition) is 1. The summed E-state index contributed by atoms with van der Waals surface area (Å²) in [4.78, 5) is 30.0. The molecule has 1 aromatic carbocycles. The maximum atomic E-state index is 12.7. The third-order valence-electron chi connectivity index (χ3n) is 4.35. The number of carbonyl (C=O) groups is 2. The SMILES string of the molecule is O=C(O)CN1C(=O)C(c2ccccc2Cl)=NC12CCCCC2. The minimum Gasteiger partial charge on any atom is -0.480 e. The van der Waals surface area contributed by atoms with Crippen molar-refractivity contribution in [3.63, 3.8) is 0 Å². The summed E-state index contributed by atoms with van der Waals surface area (Å²) in [5.74, 6) is -1.36. The second kappa shape index (κ2) is 5.72. The molecule has 1 heterocycles. The van der Waals surface area contributed by atoms with Gasteiger partial charge in [-0.15, -0.1) is 0 Å². The summed E-state index contributed by atoms with van der Waals surface area (Å²) in [7, 11) is 0. The lowest BCUT2D eigenvalue weighted by atomic mass is 9.88. The van der Waals surface area contributed by atoms with Gasteiger partial charge < -0.3 is 10.0 Å². The van der Waals surface area contributed by atoms with Gasteiger partial charge in [-0.2, -0.15) is 0 Å². The van der Waals surface area contributed by atoms with Gasteiger partial charge in [0.1, 0.15) is 17.9 Å². The Morgan fingerprint density at radius 2 is 1.95 bits per heavy atom. The Balaban J connectivity index is 2.04. The average Bonchev–Trinajstić information content (AvgIpc) is 2.74. The second-order valence-corrected chi connectivity index (χ2v) is 6.18. The van der Waals surface area contributed by atoms with Crippen LogP contribution < -0.4 is 0 Å². The molecule has 1 aliphatic carbocycles. The van der Waals surface area contributed by atoms with Crippen molar-refractivity contribution in [2.24, 2.45) is 4.99 Å². The second-order valence-electron chi connectivity index (χ2n) is 5.77. The number of rotatable bonds is 3. The number of aliphatic carboxylic acids is 1. The van der Waals surface area contributed by atoms with Crippen LogP contribution in [0.15, 0.2) is 29.3 Å². The van der Waals surface area contributed by atoms with E-state index in [9.17, 15) is 9.59 Å². The molecule has 0 unspecified atom stereocenters. The highest BCUT2D eigenvalue weighted by Gasteiger charge is 2.48. The Bertz CT molecular complexity index is 651. The van der Waals surface area contributed by atoms with Crippen LogP contribution in [0.5, 0.6) is 0 Å². The van der Waals surface area contributed by atoms with Crippen LogP contribution in [0.25, 0.3) is 0 Å². The topological polar surface area (TPSA) is 70.0 Å². The molecule has 116 valence electrons. The van der Waals surface area contributed by atoms with E-state index < -0.39 is 11.6 Å². The molecule has 1 amide bonds. The Labute approximate surface area is 133 Å². The molecule has 1 saturated carbocycles. The molecule has 0 bridgehead atoms. The number of carboxylic acid groups (broad SMARTS) is 1. The molecule has 0 aromatic heterocycles. The molecule has 3 rings (SSSR count). The fourth-order valence-electron chi connectivity index (χ4n) is 3.32. The van der Waals surface area contributed by atoms with E-state index in [0.29, 0.717) is 23.4 Å². The molecule has 0 atom stereocenters. The third kappa shape index (κ3) is 2.50. The predicted octanol–water partition coefficient (Wildman–Crippen LogP) is 2.72. The highest BCUT2D eigenvalue weighted by Crippen LogP contribution is 2.40. The molecule has 1 spiro atoms. The number of nitrogens with zero attached hydrogens (tertiary/aromatic N) is 2. The van der Waals surface area contributed by atoms with Crippen LogP contribution in [-0.4, -0.2) is 39.8 Å². The minimum atomic E-state index is -1.02. The summed E-state index contributed by atoms with van der Waals surface area (Å²) in [6.07, 6.45) is 4.40. The molecule has 0 saturated heterocycles. The molecule has 1 N–H and O–H groups in total. The fraction of sp³-hybridized carbons (Fsp3) is 0.438. The zero-order valence-corrected chi connectivity index (χ0v) is 12.8. The summed E-state index contributed by atoms with van der Waals surface area (Å²) in [6, 6.07) is 7.04. The van der Waals surface area contributed by atoms with Gasteiger partial charge in [0.25, 0.3) is 5.91 Å². The summed E-state index contributed by atoms with van der Waals surface area (Å²) in [6.45, 7) is -0.323. The van der Waals surface area contributed by atoms with E-state index in [1.807, 2.05) is 0 Å². The van der Waals surface area contributed by atoms with Crippen molar-refractivity contribution in [3.8, 4) is 0 Å². The van der Waals surface area contributed by atoms with Crippen molar-refractivity contribution >= 4 is 29.2 Å². The van der Waals surface area contributed by atoms with Crippen LogP contribution in [0, 0.1) is 0 Å². The molecule has 0 radical (unpaired) electrons. The standard InChI is InChI=1S/C16H17ClN2O3/c17-12-7-3-2-6-11(12)14-15(22)19(10-13(20)21)16(18-14)8-4-1-5-9-16/h2-3,6-7H,1,4-5,8-10H2,(H,20,21). The Morgan fingerprint density at radius 1 is 1.27 bits per heavy atom. The van der Waals surface area contributed by atoms with Gasteiger partial charge in [-0.05, 0) is 31.7 Å². The summed E-state index contributed by atoms with van der Waals surface area (Å²) < 4.78 is 0. The van der Waals surface area contributed by atoms with E-state index in [-0.39, 0.29) is 18.2 Å². The molecular weight excluding hydrogens is 304 g/mol. The van der Waals surface area contributed by atoms with Crippen LogP contribution in [0.4, 0.5) is 0 Å². The van der Waals surface area contributed by atoms with Crippen molar-refractivity contribution in [2.75, 3.05) is 6.54 Å². The molecule has 22 heavy (non-hydrogen) atoms. The lowest BCUT2D eigenvalue weighted by Crippen LogP contribution is -2.50. The number of carboxylic acids is 1. The first-order valence-electron chi connectivity index (χ1n) is 7.42. The Kier molecular flexibility index (Phi) is 3.91. The van der Waals surface area contributed by atoms with Gasteiger partial charge in [0.05, 0.1) is 5.02 Å². The quantitative estimate of drug-likeness (QED) is 0.931. The lowest BCUT2D eigenvalue weighted by molar-refractivity contribution is -0.145. The van der Waals surface area contributed by atoms with E-state index in [0.717, 1.165) is 19.3 Å². The van der Waals surface area contributed by atoms with Gasteiger partial charge in [-0.1, -0.05) is 36.2 Å². The van der Waals surface area contributed by atoms with Gasteiger partial charge in [0, 0.05) is 5.56 Å². The number of carbonyl (C=O) groups excluding carboxylic acids is 1. The van der Waals surface area contributed by atoms with Crippen molar-refractivity contribution < 1.29 is 14.7 Å². The molecule has 6 heteroatoms. The molecular formula is C16H17ClN2O3. The van der Waals surface area contributed by atoms with E-state index >= 15 is 0 Å². The molecule has 1 fully saturated rings. The zero-order chi connectivity index (χ0) is 15.7. The molecule has 1 aliphatic heterocycles. The third-order valence-corrected chi connectivity index (χ3v) is 4.68. The highest BCUT2D eigenvalue weighted by atomic mass is 35.5. The first kappa shape index (κ1) is 15.0. The summed E-state index contributed by atoms with van der Waals surface area (Å²) >= 11 is 6.18. The maximum absolute atomic E-state index is 12.7. The van der Waals surface area contributed by atoms with Crippen LogP contribution in [0.2, 0.25) is 5.02 Å². The number of amides is 1. The lowest BCUT2D eigenvalue weighted by Gasteiger charge is -2.38. The number of aliphatic imine (C=N–C) groups is 1. The normalized spacial score (nSPS) is 20.3. The summed E-state index contributed by atoms with van der Waals surface area (Å²) in [5.41, 5.74) is 0.156. The van der Waals surface area contributed by atoms with Crippen LogP contribution in [0.1, 0.15) is 37.7 Å². The molecule has 1 aromatic rings. The van der Waals surface area contributed by atoms with Crippen LogP contribution in [0.3, 0.4) is 0 Å².